The van der Waals surface area contributed by atoms with Crippen LogP contribution in [-0.2, 0) is 0 Å². The van der Waals surface area contributed by atoms with Gasteiger partial charge in [0.05, 0.1) is 6.10 Å². The number of ketones is 1. The highest BCUT2D eigenvalue weighted by Crippen LogP contribution is 2.14. The quantitative estimate of drug-likeness (QED) is 0.590. The van der Waals surface area contributed by atoms with Gasteiger partial charge in [-0.05, 0) is 25.1 Å². The minimum Gasteiger partial charge on any atom is -0.491 e. The molecule has 1 aromatic carbocycles. The summed E-state index contributed by atoms with van der Waals surface area (Å²) in [4.78, 5) is 11.3. The molecule has 0 spiro atoms. The van der Waals surface area contributed by atoms with E-state index in [1.54, 1.807) is 31.2 Å². The summed E-state index contributed by atoms with van der Waals surface area (Å²) in [5.74, 6) is 0.432. The van der Waals surface area contributed by atoms with Gasteiger partial charge in [0.2, 0.25) is 0 Å². The summed E-state index contributed by atoms with van der Waals surface area (Å²) < 4.78 is 5.27. The van der Waals surface area contributed by atoms with Crippen molar-refractivity contribution in [2.75, 3.05) is 6.61 Å². The second-order valence-electron chi connectivity index (χ2n) is 3.26. The molecule has 1 unspecified atom stereocenters. The summed E-state index contributed by atoms with van der Waals surface area (Å²) in [6, 6.07) is 6.79. The van der Waals surface area contributed by atoms with E-state index in [0.717, 1.165) is 0 Å². The maximum absolute atomic E-state index is 11.3. The second-order valence-corrected chi connectivity index (χ2v) is 3.26. The normalized spacial score (nSPS) is 11.9. The van der Waals surface area contributed by atoms with Crippen molar-refractivity contribution in [1.29, 1.82) is 0 Å². The van der Waals surface area contributed by atoms with Gasteiger partial charge in [-0.3, -0.25) is 4.79 Å². The molecule has 0 bridgehead atoms. The van der Waals surface area contributed by atoms with Crippen molar-refractivity contribution in [3.63, 3.8) is 0 Å². The second kappa shape index (κ2) is 5.32. The lowest BCUT2D eigenvalue weighted by molar-refractivity contribution is 0.104. The van der Waals surface area contributed by atoms with Gasteiger partial charge in [-0.15, -0.1) is 0 Å². The zero-order chi connectivity index (χ0) is 11.3. The molecule has 0 aliphatic heterocycles. The molecule has 0 heterocycles. The Morgan fingerprint density at radius 3 is 3.00 bits per heavy atom. The fourth-order valence-electron chi connectivity index (χ4n) is 1.07. The average molecular weight is 206 g/mol. The van der Waals surface area contributed by atoms with Crippen molar-refractivity contribution in [3.05, 3.63) is 42.5 Å². The molecular formula is C12H14O3. The molecule has 0 aliphatic carbocycles. The third kappa shape index (κ3) is 3.56. The van der Waals surface area contributed by atoms with Crippen LogP contribution in [0.1, 0.15) is 17.3 Å². The minimum absolute atomic E-state index is 0.141. The number of carbonyl (C=O) groups is 1. The van der Waals surface area contributed by atoms with E-state index in [1.807, 2.05) is 0 Å². The van der Waals surface area contributed by atoms with Crippen LogP contribution >= 0.6 is 0 Å². The molecule has 1 rings (SSSR count). The van der Waals surface area contributed by atoms with Gasteiger partial charge in [0.1, 0.15) is 12.4 Å². The molecule has 0 aliphatic rings. The Morgan fingerprint density at radius 2 is 2.40 bits per heavy atom. The summed E-state index contributed by atoms with van der Waals surface area (Å²) in [6.45, 7) is 5.26. The monoisotopic (exact) mass is 206 g/mol. The smallest absolute Gasteiger partial charge is 0.185 e. The SMILES string of the molecule is C=CC(=O)c1cccc(OCC(C)O)c1. The van der Waals surface area contributed by atoms with Crippen molar-refractivity contribution >= 4 is 5.78 Å². The number of allylic oxidation sites excluding steroid dienone is 1. The number of aliphatic hydroxyl groups is 1. The van der Waals surface area contributed by atoms with Crippen molar-refractivity contribution in [3.8, 4) is 5.75 Å². The summed E-state index contributed by atoms with van der Waals surface area (Å²) in [5, 5.41) is 9.03. The fourth-order valence-corrected chi connectivity index (χ4v) is 1.07. The summed E-state index contributed by atoms with van der Waals surface area (Å²) >= 11 is 0. The first-order valence-corrected chi connectivity index (χ1v) is 4.71. The van der Waals surface area contributed by atoms with E-state index >= 15 is 0 Å². The number of hydrogen-bond acceptors (Lipinski definition) is 3. The van der Waals surface area contributed by atoms with E-state index in [9.17, 15) is 4.79 Å². The van der Waals surface area contributed by atoms with E-state index in [2.05, 4.69) is 6.58 Å². The van der Waals surface area contributed by atoms with Gasteiger partial charge in [-0.2, -0.15) is 0 Å². The molecule has 15 heavy (non-hydrogen) atoms. The predicted molar refractivity (Wildman–Crippen MR) is 58.1 cm³/mol. The van der Waals surface area contributed by atoms with Crippen molar-refractivity contribution in [2.45, 2.75) is 13.0 Å². The molecule has 1 aromatic rings. The topological polar surface area (TPSA) is 46.5 Å². The highest BCUT2D eigenvalue weighted by Gasteiger charge is 2.03. The third-order valence-electron chi connectivity index (χ3n) is 1.80. The Bertz CT molecular complexity index is 356. The van der Waals surface area contributed by atoms with Crippen LogP contribution in [0, 0.1) is 0 Å². The van der Waals surface area contributed by atoms with Crippen LogP contribution in [0.4, 0.5) is 0 Å². The lowest BCUT2D eigenvalue weighted by Crippen LogP contribution is -2.12. The summed E-state index contributed by atoms with van der Waals surface area (Å²) in [5.41, 5.74) is 0.535. The van der Waals surface area contributed by atoms with E-state index in [0.29, 0.717) is 11.3 Å². The Morgan fingerprint density at radius 1 is 1.67 bits per heavy atom. The first kappa shape index (κ1) is 11.5. The number of rotatable bonds is 5. The van der Waals surface area contributed by atoms with Crippen LogP contribution in [0.15, 0.2) is 36.9 Å². The van der Waals surface area contributed by atoms with Crippen molar-refractivity contribution < 1.29 is 14.6 Å². The van der Waals surface area contributed by atoms with Gasteiger partial charge >= 0.3 is 0 Å². The molecule has 3 nitrogen and oxygen atoms in total. The summed E-state index contributed by atoms with van der Waals surface area (Å²) in [7, 11) is 0. The highest BCUT2D eigenvalue weighted by molar-refractivity contribution is 6.04. The maximum Gasteiger partial charge on any atom is 0.185 e. The Kier molecular flexibility index (Phi) is 4.06. The zero-order valence-electron chi connectivity index (χ0n) is 8.64. The standard InChI is InChI=1S/C12H14O3/c1-3-12(14)10-5-4-6-11(7-10)15-8-9(2)13/h3-7,9,13H,1,8H2,2H3. The predicted octanol–water partition coefficient (Wildman–Crippen LogP) is 1.81. The first-order valence-electron chi connectivity index (χ1n) is 4.71. The van der Waals surface area contributed by atoms with Gasteiger partial charge in [-0.25, -0.2) is 0 Å². The maximum atomic E-state index is 11.3. The van der Waals surface area contributed by atoms with E-state index < -0.39 is 6.10 Å². The molecule has 1 N–H and O–H groups in total. The molecule has 3 heteroatoms. The number of hydrogen-bond donors (Lipinski definition) is 1. The molecule has 0 amide bonds. The van der Waals surface area contributed by atoms with Crippen LogP contribution in [-0.4, -0.2) is 23.6 Å². The van der Waals surface area contributed by atoms with Crippen LogP contribution in [0.3, 0.4) is 0 Å². The zero-order valence-corrected chi connectivity index (χ0v) is 8.64. The van der Waals surface area contributed by atoms with Gasteiger partial charge in [-0.1, -0.05) is 18.7 Å². The Labute approximate surface area is 89.0 Å². The summed E-state index contributed by atoms with van der Waals surface area (Å²) in [6.07, 6.45) is 0.733. The van der Waals surface area contributed by atoms with E-state index in [4.69, 9.17) is 9.84 Å². The van der Waals surface area contributed by atoms with Crippen LogP contribution in [0.25, 0.3) is 0 Å². The largest absolute Gasteiger partial charge is 0.491 e. The Balaban J connectivity index is 2.74. The molecule has 0 aromatic heterocycles. The molecule has 0 fully saturated rings. The van der Waals surface area contributed by atoms with Crippen molar-refractivity contribution in [1.82, 2.24) is 0 Å². The van der Waals surface area contributed by atoms with E-state index in [1.165, 1.54) is 6.08 Å². The fraction of sp³-hybridized carbons (Fsp3) is 0.250. The lowest BCUT2D eigenvalue weighted by Gasteiger charge is -2.08. The van der Waals surface area contributed by atoms with Gasteiger partial charge in [0, 0.05) is 5.56 Å². The number of benzene rings is 1. The molecule has 0 saturated heterocycles. The van der Waals surface area contributed by atoms with Crippen molar-refractivity contribution in [2.24, 2.45) is 0 Å². The van der Waals surface area contributed by atoms with Gasteiger partial charge in [0.25, 0.3) is 0 Å². The molecule has 0 radical (unpaired) electrons. The average Bonchev–Trinajstić information content (AvgIpc) is 2.25. The number of carbonyl (C=O) groups excluding carboxylic acids is 1. The van der Waals surface area contributed by atoms with Crippen LogP contribution < -0.4 is 4.74 Å². The van der Waals surface area contributed by atoms with Crippen LogP contribution in [0.5, 0.6) is 5.75 Å². The molecule has 80 valence electrons. The first-order chi connectivity index (χ1) is 7.13. The Hall–Kier alpha value is -1.61. The van der Waals surface area contributed by atoms with Gasteiger partial charge < -0.3 is 9.84 Å². The lowest BCUT2D eigenvalue weighted by atomic mass is 10.1. The minimum atomic E-state index is -0.524. The third-order valence-corrected chi connectivity index (χ3v) is 1.80. The molecule has 1 atom stereocenters. The van der Waals surface area contributed by atoms with Crippen LogP contribution in [0.2, 0.25) is 0 Å². The number of aliphatic hydroxyl groups excluding tert-OH is 1. The van der Waals surface area contributed by atoms with Gasteiger partial charge in [0.15, 0.2) is 5.78 Å². The van der Waals surface area contributed by atoms with E-state index in [-0.39, 0.29) is 12.4 Å². The number of ether oxygens (including phenoxy) is 1. The highest BCUT2D eigenvalue weighted by atomic mass is 16.5. The molecular weight excluding hydrogens is 192 g/mol. The molecule has 0 saturated carbocycles.